The molecule has 3 nitrogen and oxygen atoms in total. The van der Waals surface area contributed by atoms with Crippen LogP contribution in [-0.4, -0.2) is 24.0 Å². The number of hydrogen-bond donors (Lipinski definition) is 0. The molecule has 0 saturated carbocycles. The Bertz CT molecular complexity index is 306. The second-order valence-corrected chi connectivity index (χ2v) is 3.35. The zero-order chi connectivity index (χ0) is 8.97. The molecule has 1 aromatic heterocycles. The van der Waals surface area contributed by atoms with Gasteiger partial charge in [0.25, 0.3) is 0 Å². The number of nitriles is 1. The summed E-state index contributed by atoms with van der Waals surface area (Å²) < 4.78 is 0. The topological polar surface area (TPSA) is 39.9 Å². The molecule has 0 N–H and O–H groups in total. The Balaban J connectivity index is 2.93. The van der Waals surface area contributed by atoms with Gasteiger partial charge in [0.05, 0.1) is 0 Å². The van der Waals surface area contributed by atoms with E-state index >= 15 is 0 Å². The van der Waals surface area contributed by atoms with Crippen molar-refractivity contribution >= 4 is 16.9 Å². The molecule has 0 aliphatic rings. The SMILES string of the molecule is CN(C)/C=C(\C#N)c1nccs1. The molecule has 1 rings (SSSR count). The number of thiazole rings is 1. The van der Waals surface area contributed by atoms with E-state index in [1.807, 2.05) is 24.4 Å². The van der Waals surface area contributed by atoms with Crippen LogP contribution in [0.2, 0.25) is 0 Å². The van der Waals surface area contributed by atoms with Crippen LogP contribution in [0.15, 0.2) is 17.8 Å². The van der Waals surface area contributed by atoms with Gasteiger partial charge in [-0.15, -0.1) is 11.3 Å². The minimum absolute atomic E-state index is 0.606. The molecule has 0 saturated heterocycles. The van der Waals surface area contributed by atoms with Gasteiger partial charge >= 0.3 is 0 Å². The Morgan fingerprint density at radius 3 is 2.92 bits per heavy atom. The quantitative estimate of drug-likeness (QED) is 0.647. The number of nitrogens with zero attached hydrogens (tertiary/aromatic N) is 3. The van der Waals surface area contributed by atoms with E-state index in [9.17, 15) is 0 Å². The Hall–Kier alpha value is -1.34. The maximum atomic E-state index is 8.77. The van der Waals surface area contributed by atoms with Gasteiger partial charge in [-0.3, -0.25) is 0 Å². The predicted molar refractivity (Wildman–Crippen MR) is 49.4 cm³/mol. The summed E-state index contributed by atoms with van der Waals surface area (Å²) in [4.78, 5) is 5.87. The van der Waals surface area contributed by atoms with Crippen molar-refractivity contribution < 1.29 is 0 Å². The summed E-state index contributed by atoms with van der Waals surface area (Å²) in [5, 5.41) is 11.4. The maximum absolute atomic E-state index is 8.77. The fourth-order valence-corrected chi connectivity index (χ4v) is 1.34. The average Bonchev–Trinajstić information content (AvgIpc) is 2.51. The molecule has 1 heterocycles. The molecule has 0 unspecified atom stereocenters. The van der Waals surface area contributed by atoms with Crippen molar-refractivity contribution in [1.82, 2.24) is 9.88 Å². The summed E-state index contributed by atoms with van der Waals surface area (Å²) >= 11 is 1.47. The fraction of sp³-hybridized carbons (Fsp3) is 0.250. The molecule has 0 aliphatic carbocycles. The first kappa shape index (κ1) is 8.75. The van der Waals surface area contributed by atoms with E-state index in [1.54, 1.807) is 12.4 Å². The molecule has 0 bridgehead atoms. The summed E-state index contributed by atoms with van der Waals surface area (Å²) in [6.07, 6.45) is 3.46. The van der Waals surface area contributed by atoms with Crippen molar-refractivity contribution in [2.75, 3.05) is 14.1 Å². The average molecular weight is 179 g/mol. The summed E-state index contributed by atoms with van der Waals surface area (Å²) in [5.74, 6) is 0. The third kappa shape index (κ3) is 2.07. The number of hydrogen-bond acceptors (Lipinski definition) is 4. The first-order valence-corrected chi connectivity index (χ1v) is 4.30. The molecule has 12 heavy (non-hydrogen) atoms. The van der Waals surface area contributed by atoms with Gasteiger partial charge < -0.3 is 4.90 Å². The van der Waals surface area contributed by atoms with Gasteiger partial charge in [0, 0.05) is 31.9 Å². The van der Waals surface area contributed by atoms with Crippen LogP contribution in [0.5, 0.6) is 0 Å². The lowest BCUT2D eigenvalue weighted by Gasteiger charge is -2.03. The van der Waals surface area contributed by atoms with Crippen LogP contribution in [-0.2, 0) is 0 Å². The Labute approximate surface area is 75.6 Å². The lowest BCUT2D eigenvalue weighted by molar-refractivity contribution is 0.566. The minimum Gasteiger partial charge on any atom is -0.382 e. The van der Waals surface area contributed by atoms with Crippen LogP contribution in [0.4, 0.5) is 0 Å². The van der Waals surface area contributed by atoms with Gasteiger partial charge in [-0.1, -0.05) is 0 Å². The Kier molecular flexibility index (Phi) is 2.83. The van der Waals surface area contributed by atoms with Crippen LogP contribution in [0, 0.1) is 11.3 Å². The number of aromatic nitrogens is 1. The zero-order valence-corrected chi connectivity index (χ0v) is 7.80. The second-order valence-electron chi connectivity index (χ2n) is 2.46. The highest BCUT2D eigenvalue weighted by Gasteiger charge is 2.02. The van der Waals surface area contributed by atoms with Crippen molar-refractivity contribution in [2.24, 2.45) is 0 Å². The van der Waals surface area contributed by atoms with Crippen molar-refractivity contribution in [3.8, 4) is 6.07 Å². The van der Waals surface area contributed by atoms with E-state index in [2.05, 4.69) is 11.1 Å². The Morgan fingerprint density at radius 2 is 2.50 bits per heavy atom. The van der Waals surface area contributed by atoms with Gasteiger partial charge in [0.15, 0.2) is 0 Å². The van der Waals surface area contributed by atoms with E-state index in [1.165, 1.54) is 11.3 Å². The molecule has 62 valence electrons. The first-order chi connectivity index (χ1) is 5.74. The summed E-state index contributed by atoms with van der Waals surface area (Å²) in [5.41, 5.74) is 0.606. The van der Waals surface area contributed by atoms with E-state index in [4.69, 9.17) is 5.26 Å². The van der Waals surface area contributed by atoms with Gasteiger partial charge in [-0.25, -0.2) is 4.98 Å². The van der Waals surface area contributed by atoms with Crippen molar-refractivity contribution in [2.45, 2.75) is 0 Å². The zero-order valence-electron chi connectivity index (χ0n) is 6.98. The number of rotatable bonds is 2. The molecular weight excluding hydrogens is 170 g/mol. The molecule has 0 amide bonds. The molecule has 0 radical (unpaired) electrons. The van der Waals surface area contributed by atoms with Crippen LogP contribution in [0.25, 0.3) is 5.57 Å². The highest BCUT2D eigenvalue weighted by molar-refractivity contribution is 7.10. The van der Waals surface area contributed by atoms with Crippen molar-refractivity contribution in [3.63, 3.8) is 0 Å². The third-order valence-corrected chi connectivity index (χ3v) is 1.98. The molecule has 0 fully saturated rings. The summed E-state index contributed by atoms with van der Waals surface area (Å²) in [6.45, 7) is 0. The summed E-state index contributed by atoms with van der Waals surface area (Å²) in [7, 11) is 3.76. The predicted octanol–water partition coefficient (Wildman–Crippen LogP) is 1.57. The largest absolute Gasteiger partial charge is 0.382 e. The third-order valence-electron chi connectivity index (χ3n) is 1.17. The van der Waals surface area contributed by atoms with E-state index in [0.717, 1.165) is 5.01 Å². The molecule has 1 aromatic rings. The van der Waals surface area contributed by atoms with Gasteiger partial charge in [-0.2, -0.15) is 5.26 Å². The standard InChI is InChI=1S/C8H9N3S/c1-11(2)6-7(5-9)8-10-3-4-12-8/h3-4,6H,1-2H3/b7-6+. The van der Waals surface area contributed by atoms with Gasteiger partial charge in [-0.05, 0) is 0 Å². The van der Waals surface area contributed by atoms with Gasteiger partial charge in [0.2, 0.25) is 0 Å². The second kappa shape index (κ2) is 3.88. The van der Waals surface area contributed by atoms with Crippen molar-refractivity contribution in [3.05, 3.63) is 22.8 Å². The smallest absolute Gasteiger partial charge is 0.135 e. The summed E-state index contributed by atoms with van der Waals surface area (Å²) in [6, 6.07) is 2.10. The van der Waals surface area contributed by atoms with Crippen molar-refractivity contribution in [1.29, 1.82) is 5.26 Å². The van der Waals surface area contributed by atoms with E-state index in [0.29, 0.717) is 5.57 Å². The van der Waals surface area contributed by atoms with Crippen LogP contribution in [0.3, 0.4) is 0 Å². The molecular formula is C8H9N3S. The van der Waals surface area contributed by atoms with Crippen LogP contribution in [0.1, 0.15) is 5.01 Å². The molecule has 4 heteroatoms. The molecule has 0 spiro atoms. The molecule has 0 aromatic carbocycles. The van der Waals surface area contributed by atoms with Crippen LogP contribution >= 0.6 is 11.3 Å². The normalized spacial score (nSPS) is 10.9. The van der Waals surface area contributed by atoms with Crippen LogP contribution < -0.4 is 0 Å². The monoisotopic (exact) mass is 179 g/mol. The lowest BCUT2D eigenvalue weighted by atomic mass is 10.3. The van der Waals surface area contributed by atoms with E-state index in [-0.39, 0.29) is 0 Å². The highest BCUT2D eigenvalue weighted by atomic mass is 32.1. The fourth-order valence-electron chi connectivity index (χ4n) is 0.747. The Morgan fingerprint density at radius 1 is 1.75 bits per heavy atom. The maximum Gasteiger partial charge on any atom is 0.135 e. The van der Waals surface area contributed by atoms with Gasteiger partial charge in [0.1, 0.15) is 16.6 Å². The lowest BCUT2D eigenvalue weighted by Crippen LogP contribution is -2.01. The molecule has 0 atom stereocenters. The highest BCUT2D eigenvalue weighted by Crippen LogP contribution is 2.15. The van der Waals surface area contributed by atoms with E-state index < -0.39 is 0 Å². The first-order valence-electron chi connectivity index (χ1n) is 3.42. The number of allylic oxidation sites excluding steroid dienone is 1. The minimum atomic E-state index is 0.606. The molecule has 0 aliphatic heterocycles.